The van der Waals surface area contributed by atoms with Crippen molar-refractivity contribution in [1.82, 2.24) is 5.32 Å². The van der Waals surface area contributed by atoms with Gasteiger partial charge in [-0.05, 0) is 38.7 Å². The van der Waals surface area contributed by atoms with Crippen LogP contribution in [0.1, 0.15) is 40.7 Å². The molecule has 2 heterocycles. The predicted molar refractivity (Wildman–Crippen MR) is 68.3 cm³/mol. The van der Waals surface area contributed by atoms with E-state index in [1.807, 2.05) is 19.1 Å². The number of hydrogen-bond donors (Lipinski definition) is 1. The highest BCUT2D eigenvalue weighted by Crippen LogP contribution is 2.35. The lowest BCUT2D eigenvalue weighted by Crippen LogP contribution is -2.29. The van der Waals surface area contributed by atoms with E-state index < -0.39 is 0 Å². The number of rotatable bonds is 2. The quantitative estimate of drug-likeness (QED) is 0.790. The van der Waals surface area contributed by atoms with Crippen LogP contribution in [0.25, 0.3) is 0 Å². The lowest BCUT2D eigenvalue weighted by atomic mass is 9.82. The molecule has 2 fully saturated rings. The Labute approximate surface area is 102 Å². The number of hydrogen-bond acceptors (Lipinski definition) is 2. The predicted octanol–water partition coefficient (Wildman–Crippen LogP) is 2.63. The van der Waals surface area contributed by atoms with Gasteiger partial charge in [0.05, 0.1) is 0 Å². The summed E-state index contributed by atoms with van der Waals surface area (Å²) in [5, 5.41) is 3.54. The molecule has 2 saturated heterocycles. The van der Waals surface area contributed by atoms with E-state index in [1.165, 1.54) is 18.4 Å². The van der Waals surface area contributed by atoms with Crippen LogP contribution in [0.3, 0.4) is 0 Å². The minimum Gasteiger partial charge on any atom is -0.310 e. The van der Waals surface area contributed by atoms with Crippen LogP contribution in [0.5, 0.6) is 0 Å². The molecule has 3 atom stereocenters. The second kappa shape index (κ2) is 3.95. The van der Waals surface area contributed by atoms with Gasteiger partial charge in [0.25, 0.3) is 0 Å². The number of carbonyl (C=O) groups excluding carboxylic acids is 1. The van der Waals surface area contributed by atoms with E-state index in [2.05, 4.69) is 18.3 Å². The molecule has 2 nitrogen and oxygen atoms in total. The molecule has 0 radical (unpaired) electrons. The van der Waals surface area contributed by atoms with Crippen LogP contribution in [0.4, 0.5) is 0 Å². The first-order valence-electron chi connectivity index (χ1n) is 6.52. The Balaban J connectivity index is 1.87. The Bertz CT molecular complexity index is 466. The highest BCUT2D eigenvalue weighted by Gasteiger charge is 2.42. The summed E-state index contributed by atoms with van der Waals surface area (Å²) in [4.78, 5) is 12.5. The highest BCUT2D eigenvalue weighted by molar-refractivity contribution is 6.00. The summed E-state index contributed by atoms with van der Waals surface area (Å²) in [6.45, 7) is 4.11. The Morgan fingerprint density at radius 2 is 2.12 bits per heavy atom. The number of aryl methyl sites for hydroxylation is 2. The van der Waals surface area contributed by atoms with Crippen molar-refractivity contribution >= 4 is 5.78 Å². The minimum absolute atomic E-state index is 0.218. The van der Waals surface area contributed by atoms with Crippen LogP contribution in [-0.4, -0.2) is 17.9 Å². The SMILES string of the molecule is Cc1ccc(C(=O)C2CC3CCC2N3)c(C)c1. The first kappa shape index (κ1) is 11.0. The van der Waals surface area contributed by atoms with Gasteiger partial charge in [-0.15, -0.1) is 0 Å². The van der Waals surface area contributed by atoms with Crippen molar-refractivity contribution in [2.45, 2.75) is 45.2 Å². The first-order valence-corrected chi connectivity index (χ1v) is 6.52. The number of ketones is 1. The van der Waals surface area contributed by atoms with Crippen molar-refractivity contribution in [3.63, 3.8) is 0 Å². The van der Waals surface area contributed by atoms with Crippen molar-refractivity contribution in [3.05, 3.63) is 34.9 Å². The molecule has 1 aromatic rings. The summed E-state index contributed by atoms with van der Waals surface area (Å²) >= 11 is 0. The zero-order valence-corrected chi connectivity index (χ0v) is 10.5. The smallest absolute Gasteiger partial charge is 0.167 e. The summed E-state index contributed by atoms with van der Waals surface area (Å²) in [6, 6.07) is 7.18. The van der Waals surface area contributed by atoms with Gasteiger partial charge in [-0.2, -0.15) is 0 Å². The van der Waals surface area contributed by atoms with Crippen molar-refractivity contribution in [2.75, 3.05) is 0 Å². The maximum atomic E-state index is 12.5. The molecule has 2 aliphatic heterocycles. The molecule has 3 rings (SSSR count). The lowest BCUT2D eigenvalue weighted by molar-refractivity contribution is 0.0900. The number of Topliss-reactive ketones (excluding diaryl/α,β-unsaturated/α-hetero) is 1. The maximum absolute atomic E-state index is 12.5. The Hall–Kier alpha value is -1.15. The summed E-state index contributed by atoms with van der Waals surface area (Å²) in [5.41, 5.74) is 3.28. The topological polar surface area (TPSA) is 29.1 Å². The van der Waals surface area contributed by atoms with Crippen molar-refractivity contribution in [2.24, 2.45) is 5.92 Å². The van der Waals surface area contributed by atoms with Gasteiger partial charge >= 0.3 is 0 Å². The molecular formula is C15H19NO. The van der Waals surface area contributed by atoms with Gasteiger partial charge in [-0.1, -0.05) is 23.8 Å². The van der Waals surface area contributed by atoms with Gasteiger partial charge in [0, 0.05) is 23.6 Å². The Kier molecular flexibility index (Phi) is 2.55. The largest absolute Gasteiger partial charge is 0.310 e. The standard InChI is InChI=1S/C15H19NO/c1-9-3-5-12(10(2)7-9)15(17)13-8-11-4-6-14(13)16-11/h3,5,7,11,13-14,16H,4,6,8H2,1-2H3. The molecule has 1 aromatic carbocycles. The van der Waals surface area contributed by atoms with Crippen LogP contribution < -0.4 is 5.32 Å². The summed E-state index contributed by atoms with van der Waals surface area (Å²) in [5.74, 6) is 0.567. The summed E-state index contributed by atoms with van der Waals surface area (Å²) in [6.07, 6.45) is 3.46. The average molecular weight is 229 g/mol. The normalized spacial score (nSPS) is 30.8. The molecule has 0 saturated carbocycles. The first-order chi connectivity index (χ1) is 8.15. The number of nitrogens with one attached hydrogen (secondary N) is 1. The third kappa shape index (κ3) is 1.81. The lowest BCUT2D eigenvalue weighted by Gasteiger charge is -2.19. The summed E-state index contributed by atoms with van der Waals surface area (Å²) < 4.78 is 0. The van der Waals surface area contributed by atoms with Gasteiger partial charge in [-0.25, -0.2) is 0 Å². The van der Waals surface area contributed by atoms with E-state index in [4.69, 9.17) is 0 Å². The molecule has 2 aliphatic rings. The van der Waals surface area contributed by atoms with E-state index in [-0.39, 0.29) is 5.92 Å². The van der Waals surface area contributed by atoms with Crippen LogP contribution in [0.15, 0.2) is 18.2 Å². The zero-order valence-electron chi connectivity index (χ0n) is 10.5. The van der Waals surface area contributed by atoms with Gasteiger partial charge in [-0.3, -0.25) is 4.79 Å². The van der Waals surface area contributed by atoms with Crippen LogP contribution in [-0.2, 0) is 0 Å². The van der Waals surface area contributed by atoms with Gasteiger partial charge in [0.15, 0.2) is 5.78 Å². The monoisotopic (exact) mass is 229 g/mol. The van der Waals surface area contributed by atoms with Gasteiger partial charge in [0.2, 0.25) is 0 Å². The molecule has 90 valence electrons. The second-order valence-electron chi connectivity index (χ2n) is 5.57. The van der Waals surface area contributed by atoms with Crippen molar-refractivity contribution < 1.29 is 4.79 Å². The van der Waals surface area contributed by atoms with Crippen LogP contribution >= 0.6 is 0 Å². The van der Waals surface area contributed by atoms with E-state index in [0.717, 1.165) is 17.5 Å². The fraction of sp³-hybridized carbons (Fsp3) is 0.533. The van der Waals surface area contributed by atoms with Crippen LogP contribution in [0, 0.1) is 19.8 Å². The van der Waals surface area contributed by atoms with E-state index in [1.54, 1.807) is 0 Å². The molecule has 17 heavy (non-hydrogen) atoms. The Morgan fingerprint density at radius 3 is 2.71 bits per heavy atom. The molecule has 0 aromatic heterocycles. The number of benzene rings is 1. The third-order valence-electron chi connectivity index (χ3n) is 4.28. The second-order valence-corrected chi connectivity index (χ2v) is 5.57. The fourth-order valence-electron chi connectivity index (χ4n) is 3.40. The van der Waals surface area contributed by atoms with Crippen molar-refractivity contribution in [1.29, 1.82) is 0 Å². The third-order valence-corrected chi connectivity index (χ3v) is 4.28. The molecule has 3 unspecified atom stereocenters. The zero-order chi connectivity index (χ0) is 12.0. The van der Waals surface area contributed by atoms with Gasteiger partial charge in [0.1, 0.15) is 0 Å². The Morgan fingerprint density at radius 1 is 1.29 bits per heavy atom. The number of carbonyl (C=O) groups is 1. The summed E-state index contributed by atoms with van der Waals surface area (Å²) in [7, 11) is 0. The molecule has 2 bridgehead atoms. The van der Waals surface area contributed by atoms with E-state index >= 15 is 0 Å². The highest BCUT2D eigenvalue weighted by atomic mass is 16.1. The molecule has 0 aliphatic carbocycles. The minimum atomic E-state index is 0.218. The van der Waals surface area contributed by atoms with Gasteiger partial charge < -0.3 is 5.32 Å². The molecule has 1 N–H and O–H groups in total. The molecule has 0 amide bonds. The molecule has 0 spiro atoms. The van der Waals surface area contributed by atoms with Crippen LogP contribution in [0.2, 0.25) is 0 Å². The average Bonchev–Trinajstić information content (AvgIpc) is 2.89. The fourth-order valence-corrected chi connectivity index (χ4v) is 3.40. The van der Waals surface area contributed by atoms with E-state index in [9.17, 15) is 4.79 Å². The molecule has 2 heteroatoms. The number of fused-ring (bicyclic) bond motifs is 2. The molecular weight excluding hydrogens is 210 g/mol. The maximum Gasteiger partial charge on any atom is 0.167 e. The van der Waals surface area contributed by atoms with Crippen molar-refractivity contribution in [3.8, 4) is 0 Å². The van der Waals surface area contributed by atoms with E-state index in [0.29, 0.717) is 17.9 Å².